The van der Waals surface area contributed by atoms with Crippen molar-refractivity contribution in [3.05, 3.63) is 61.5 Å². The quantitative estimate of drug-likeness (QED) is 0.208. The fraction of sp³-hybridized carbons (Fsp3) is 0.176. The zero-order valence-corrected chi connectivity index (χ0v) is 21.1. The van der Waals surface area contributed by atoms with Crippen LogP contribution in [0.4, 0.5) is 5.69 Å². The summed E-state index contributed by atoms with van der Waals surface area (Å²) in [5, 5.41) is 8.81. The summed E-state index contributed by atoms with van der Waals surface area (Å²) in [5.41, 5.74) is 1.98. The Morgan fingerprint density at radius 2 is 1.68 bits per heavy atom. The van der Waals surface area contributed by atoms with Crippen molar-refractivity contribution in [2.75, 3.05) is 5.32 Å². The van der Waals surface area contributed by atoms with E-state index in [9.17, 15) is 4.79 Å². The lowest BCUT2D eigenvalue weighted by Gasteiger charge is -2.28. The molecule has 0 saturated carbocycles. The summed E-state index contributed by atoms with van der Waals surface area (Å²) in [6.45, 7) is 1.96. The van der Waals surface area contributed by atoms with E-state index >= 15 is 0 Å². The molecule has 0 spiro atoms. The highest BCUT2D eigenvalue weighted by Gasteiger charge is 2.35. The number of halogens is 6. The van der Waals surface area contributed by atoms with Gasteiger partial charge >= 0.3 is 0 Å². The molecule has 150 valence electrons. The minimum Gasteiger partial charge on any atom is -0.339 e. The Hall–Kier alpha value is -0.280. The highest BCUT2D eigenvalue weighted by Crippen LogP contribution is 2.33. The first-order chi connectivity index (χ1) is 13.0. The van der Waals surface area contributed by atoms with Crippen LogP contribution in [0.15, 0.2) is 45.3 Å². The van der Waals surface area contributed by atoms with Gasteiger partial charge in [-0.3, -0.25) is 4.79 Å². The van der Waals surface area contributed by atoms with Crippen molar-refractivity contribution in [2.45, 2.75) is 16.9 Å². The highest BCUT2D eigenvalue weighted by molar-refractivity contribution is 9.11. The molecule has 1 atom stereocenters. The number of anilines is 1. The van der Waals surface area contributed by atoms with Gasteiger partial charge in [-0.05, 0) is 80.8 Å². The molecule has 2 rings (SSSR count). The van der Waals surface area contributed by atoms with Crippen LogP contribution in [0.1, 0.15) is 15.9 Å². The molecule has 0 aliphatic heterocycles. The molecule has 3 N–H and O–H groups in total. The Bertz CT molecular complexity index is 885. The number of nitrogens with one attached hydrogen (secondary N) is 3. The summed E-state index contributed by atoms with van der Waals surface area (Å²) in [7, 11) is 0. The van der Waals surface area contributed by atoms with Crippen LogP contribution >= 0.6 is 90.5 Å². The second kappa shape index (κ2) is 10.2. The number of hydrogen-bond donors (Lipinski definition) is 3. The van der Waals surface area contributed by atoms with E-state index in [4.69, 9.17) is 58.6 Å². The van der Waals surface area contributed by atoms with Crippen LogP contribution < -0.4 is 16.0 Å². The fourth-order valence-electron chi connectivity index (χ4n) is 2.15. The Morgan fingerprint density at radius 3 is 2.21 bits per heavy atom. The second-order valence-corrected chi connectivity index (χ2v) is 10.5. The standard InChI is InChI=1S/C17H13Br2Cl4N3OS/c1-8-6-10(18)13(11(19)7-8)24-16(28)26-15(17(21,22)23)25-14(27)9-4-2-3-5-12(9)20/h2-7,15H,1H3,(H,25,27)(H2,24,26,28)/t15-/m0/s1. The monoisotopic (exact) mass is 605 g/mol. The van der Waals surface area contributed by atoms with Crippen LogP contribution in [-0.2, 0) is 0 Å². The van der Waals surface area contributed by atoms with Crippen molar-refractivity contribution in [1.29, 1.82) is 0 Å². The summed E-state index contributed by atoms with van der Waals surface area (Å²) in [4.78, 5) is 12.5. The summed E-state index contributed by atoms with van der Waals surface area (Å²) in [6.07, 6.45) is -1.12. The molecule has 0 bridgehead atoms. The van der Waals surface area contributed by atoms with E-state index in [-0.39, 0.29) is 15.7 Å². The van der Waals surface area contributed by atoms with Crippen LogP contribution in [0.25, 0.3) is 0 Å². The van der Waals surface area contributed by atoms with Crippen molar-refractivity contribution < 1.29 is 4.79 Å². The number of thiocarbonyl (C=S) groups is 1. The predicted octanol–water partition coefficient (Wildman–Crippen LogP) is 6.59. The molecular formula is C17H13Br2Cl4N3OS. The first-order valence-electron chi connectivity index (χ1n) is 7.64. The first-order valence-corrected chi connectivity index (χ1v) is 11.1. The molecule has 11 heteroatoms. The number of hydrogen-bond acceptors (Lipinski definition) is 2. The summed E-state index contributed by atoms with van der Waals surface area (Å²) < 4.78 is -0.312. The molecule has 0 aromatic heterocycles. The maximum absolute atomic E-state index is 12.5. The lowest BCUT2D eigenvalue weighted by molar-refractivity contribution is 0.0934. The Morgan fingerprint density at radius 1 is 1.11 bits per heavy atom. The third-order valence-corrected chi connectivity index (χ3v) is 5.88. The van der Waals surface area contributed by atoms with E-state index in [1.165, 1.54) is 0 Å². The second-order valence-electron chi connectivity index (χ2n) is 5.63. The van der Waals surface area contributed by atoms with Gasteiger partial charge in [0.1, 0.15) is 6.17 Å². The van der Waals surface area contributed by atoms with E-state index in [2.05, 4.69) is 47.8 Å². The Kier molecular flexibility index (Phi) is 8.70. The van der Waals surface area contributed by atoms with Crippen LogP contribution in [0, 0.1) is 6.92 Å². The van der Waals surface area contributed by atoms with E-state index in [0.717, 1.165) is 14.5 Å². The molecule has 0 saturated heterocycles. The lowest BCUT2D eigenvalue weighted by atomic mass is 10.2. The lowest BCUT2D eigenvalue weighted by Crippen LogP contribution is -2.56. The largest absolute Gasteiger partial charge is 0.339 e. The average molecular weight is 609 g/mol. The fourth-order valence-corrected chi connectivity index (χ4v) is 4.54. The van der Waals surface area contributed by atoms with Gasteiger partial charge in [0.15, 0.2) is 5.11 Å². The van der Waals surface area contributed by atoms with E-state index < -0.39 is 15.9 Å². The number of aryl methyl sites for hydroxylation is 1. The normalized spacial score (nSPS) is 12.2. The van der Waals surface area contributed by atoms with Crippen LogP contribution in [0.3, 0.4) is 0 Å². The number of amides is 1. The van der Waals surface area contributed by atoms with E-state index in [0.29, 0.717) is 5.69 Å². The molecular weight excluding hydrogens is 596 g/mol. The number of rotatable bonds is 4. The summed E-state index contributed by atoms with van der Waals surface area (Å²) in [5.74, 6) is -0.519. The molecule has 0 fully saturated rings. The van der Waals surface area contributed by atoms with E-state index in [1.54, 1.807) is 24.3 Å². The molecule has 0 aliphatic carbocycles. The smallest absolute Gasteiger partial charge is 0.254 e. The third-order valence-electron chi connectivity index (χ3n) is 3.42. The summed E-state index contributed by atoms with van der Waals surface area (Å²) >= 11 is 36.3. The predicted molar refractivity (Wildman–Crippen MR) is 129 cm³/mol. The minimum absolute atomic E-state index is 0.140. The maximum Gasteiger partial charge on any atom is 0.254 e. The van der Waals surface area contributed by atoms with Gasteiger partial charge in [-0.25, -0.2) is 0 Å². The van der Waals surface area contributed by atoms with Gasteiger partial charge in [0.25, 0.3) is 5.91 Å². The van der Waals surface area contributed by atoms with E-state index in [1.807, 2.05) is 19.1 Å². The van der Waals surface area contributed by atoms with Gasteiger partial charge in [-0.15, -0.1) is 0 Å². The van der Waals surface area contributed by atoms with Crippen molar-refractivity contribution in [1.82, 2.24) is 10.6 Å². The zero-order valence-electron chi connectivity index (χ0n) is 14.1. The molecule has 0 unspecified atom stereocenters. The van der Waals surface area contributed by atoms with Crippen molar-refractivity contribution >= 4 is 107 Å². The summed E-state index contributed by atoms with van der Waals surface area (Å²) in [6, 6.07) is 10.4. The average Bonchev–Trinajstić information content (AvgIpc) is 2.57. The number of carbonyl (C=O) groups is 1. The van der Waals surface area contributed by atoms with Crippen molar-refractivity contribution in [3.8, 4) is 0 Å². The van der Waals surface area contributed by atoms with Gasteiger partial charge in [-0.2, -0.15) is 0 Å². The molecule has 28 heavy (non-hydrogen) atoms. The Labute approximate surface area is 204 Å². The highest BCUT2D eigenvalue weighted by atomic mass is 79.9. The van der Waals surface area contributed by atoms with Gasteiger partial charge in [0.05, 0.1) is 16.3 Å². The molecule has 2 aromatic rings. The number of benzene rings is 2. The van der Waals surface area contributed by atoms with Gasteiger partial charge in [0, 0.05) is 8.95 Å². The van der Waals surface area contributed by atoms with Crippen LogP contribution in [0.5, 0.6) is 0 Å². The van der Waals surface area contributed by atoms with Crippen LogP contribution in [-0.4, -0.2) is 21.0 Å². The van der Waals surface area contributed by atoms with Gasteiger partial charge in [0.2, 0.25) is 3.79 Å². The maximum atomic E-state index is 12.5. The van der Waals surface area contributed by atoms with Gasteiger partial charge in [-0.1, -0.05) is 58.5 Å². The van der Waals surface area contributed by atoms with Crippen molar-refractivity contribution in [2.24, 2.45) is 0 Å². The molecule has 0 aliphatic rings. The molecule has 0 heterocycles. The SMILES string of the molecule is Cc1cc(Br)c(NC(=S)N[C@H](NC(=O)c2ccccc2Cl)C(Cl)(Cl)Cl)c(Br)c1. The molecule has 1 amide bonds. The molecule has 2 aromatic carbocycles. The third kappa shape index (κ3) is 6.62. The van der Waals surface area contributed by atoms with Gasteiger partial charge < -0.3 is 16.0 Å². The topological polar surface area (TPSA) is 53.2 Å². The minimum atomic E-state index is -1.88. The molecule has 4 nitrogen and oxygen atoms in total. The van der Waals surface area contributed by atoms with Crippen molar-refractivity contribution in [3.63, 3.8) is 0 Å². The Balaban J connectivity index is 2.16. The number of alkyl halides is 3. The molecule has 0 radical (unpaired) electrons. The van der Waals surface area contributed by atoms with Crippen LogP contribution in [0.2, 0.25) is 5.02 Å². The number of carbonyl (C=O) groups excluding carboxylic acids is 1. The first kappa shape index (κ1) is 24.0. The zero-order chi connectivity index (χ0) is 21.1.